The highest BCUT2D eigenvalue weighted by Gasteiger charge is 2.91. The van der Waals surface area contributed by atoms with Gasteiger partial charge in [-0.2, -0.15) is 0 Å². The van der Waals surface area contributed by atoms with Crippen LogP contribution in [0.3, 0.4) is 0 Å². The molecule has 1 aromatic heterocycles. The van der Waals surface area contributed by atoms with Crippen molar-refractivity contribution in [3.63, 3.8) is 0 Å². The van der Waals surface area contributed by atoms with Crippen molar-refractivity contribution in [1.29, 1.82) is 0 Å². The first-order chi connectivity index (χ1) is 16.4. The van der Waals surface area contributed by atoms with Crippen LogP contribution in [0.2, 0.25) is 0 Å². The molecule has 7 heteroatoms. The minimum Gasteiger partial charge on any atom is -0.472 e. The fraction of sp³-hybridized carbons (Fsp3) is 0.750. The lowest BCUT2D eigenvalue weighted by atomic mass is 9.35. The standard InChI is InChI=1S/C28H34O7/c1-13(29)33-17-11-16-24(2,3)21(31)20-23(34-20)26(16,5)15-7-9-25(4)18(14-8-10-32-12-14)19(30)22-28(25,35-22)27(15,17)6/h8,10,12,15-18,20,22-23H,7,9,11H2,1-6H3/t15-,16+,17-,18-,20?,22-,23?,25+,26-,27+,28-/m1/s1. The number of carbonyl (C=O) groups is 3. The van der Waals surface area contributed by atoms with Gasteiger partial charge >= 0.3 is 5.97 Å². The fourth-order valence-corrected chi connectivity index (χ4v) is 10.4. The zero-order chi connectivity index (χ0) is 24.9. The van der Waals surface area contributed by atoms with Gasteiger partial charge in [-0.05, 0) is 37.2 Å². The van der Waals surface area contributed by atoms with Crippen LogP contribution in [0, 0.1) is 33.5 Å². The first kappa shape index (κ1) is 22.2. The van der Waals surface area contributed by atoms with Crippen molar-refractivity contribution in [2.45, 2.75) is 96.7 Å². The summed E-state index contributed by atoms with van der Waals surface area (Å²) in [6, 6.07) is 1.89. The zero-order valence-electron chi connectivity index (χ0n) is 21.3. The predicted octanol–water partition coefficient (Wildman–Crippen LogP) is 3.84. The number of hydrogen-bond donors (Lipinski definition) is 0. The maximum absolute atomic E-state index is 13.8. The van der Waals surface area contributed by atoms with Crippen molar-refractivity contribution in [3.05, 3.63) is 24.2 Å². The fourth-order valence-electron chi connectivity index (χ4n) is 10.4. The summed E-state index contributed by atoms with van der Waals surface area (Å²) < 4.78 is 24.2. The van der Waals surface area contributed by atoms with Crippen LogP contribution in [-0.2, 0) is 28.6 Å². The van der Waals surface area contributed by atoms with E-state index in [2.05, 4.69) is 20.8 Å². The van der Waals surface area contributed by atoms with Gasteiger partial charge in [0.25, 0.3) is 0 Å². The lowest BCUT2D eigenvalue weighted by Gasteiger charge is -2.68. The van der Waals surface area contributed by atoms with Gasteiger partial charge in [0, 0.05) is 34.1 Å². The van der Waals surface area contributed by atoms with Gasteiger partial charge in [-0.15, -0.1) is 0 Å². The highest BCUT2D eigenvalue weighted by molar-refractivity contribution is 5.98. The Hall–Kier alpha value is -1.99. The molecule has 1 aromatic rings. The molecule has 188 valence electrons. The summed E-state index contributed by atoms with van der Waals surface area (Å²) in [5.41, 5.74) is -1.74. The van der Waals surface area contributed by atoms with Crippen LogP contribution >= 0.6 is 0 Å². The summed E-state index contributed by atoms with van der Waals surface area (Å²) >= 11 is 0. The summed E-state index contributed by atoms with van der Waals surface area (Å²) in [6.45, 7) is 12.2. The van der Waals surface area contributed by atoms with E-state index in [4.69, 9.17) is 18.6 Å². The Kier molecular flexibility index (Phi) is 3.88. The Morgan fingerprint density at radius 3 is 2.51 bits per heavy atom. The Labute approximate surface area is 205 Å². The second kappa shape index (κ2) is 6.10. The third-order valence-corrected chi connectivity index (χ3v) is 11.8. The Morgan fingerprint density at radius 2 is 1.86 bits per heavy atom. The van der Waals surface area contributed by atoms with Crippen molar-refractivity contribution in [2.75, 3.05) is 0 Å². The maximum Gasteiger partial charge on any atom is 0.302 e. The number of esters is 1. The number of Topliss-reactive ketones (excluding diaryl/α,β-unsaturated/α-hetero) is 2. The topological polar surface area (TPSA) is 98.6 Å². The lowest BCUT2D eigenvalue weighted by molar-refractivity contribution is -0.246. The van der Waals surface area contributed by atoms with E-state index in [0.717, 1.165) is 18.4 Å². The normalized spacial score (nSPS) is 54.6. The number of hydrogen-bond acceptors (Lipinski definition) is 7. The third-order valence-electron chi connectivity index (χ3n) is 11.8. The first-order valence-corrected chi connectivity index (χ1v) is 13.0. The smallest absolute Gasteiger partial charge is 0.302 e. The van der Waals surface area contributed by atoms with Crippen LogP contribution < -0.4 is 0 Å². The van der Waals surface area contributed by atoms with Crippen molar-refractivity contribution in [1.82, 2.24) is 0 Å². The van der Waals surface area contributed by atoms with E-state index in [9.17, 15) is 14.4 Å². The number of rotatable bonds is 2. The summed E-state index contributed by atoms with van der Waals surface area (Å²) in [4.78, 5) is 39.5. The van der Waals surface area contributed by atoms with Gasteiger partial charge in [0.2, 0.25) is 0 Å². The van der Waals surface area contributed by atoms with Crippen LogP contribution in [0.1, 0.15) is 72.3 Å². The van der Waals surface area contributed by atoms with E-state index >= 15 is 0 Å². The van der Waals surface area contributed by atoms with Crippen LogP contribution in [0.5, 0.6) is 0 Å². The molecule has 4 aliphatic carbocycles. The quantitative estimate of drug-likeness (QED) is 0.466. The lowest BCUT2D eigenvalue weighted by Crippen LogP contribution is -2.72. The van der Waals surface area contributed by atoms with E-state index < -0.39 is 34.1 Å². The molecule has 35 heavy (non-hydrogen) atoms. The van der Waals surface area contributed by atoms with Crippen molar-refractivity contribution < 1.29 is 33.0 Å². The van der Waals surface area contributed by atoms with Crippen molar-refractivity contribution in [2.24, 2.45) is 33.5 Å². The minimum atomic E-state index is -0.730. The Balaban J connectivity index is 1.41. The highest BCUT2D eigenvalue weighted by atomic mass is 16.6. The van der Waals surface area contributed by atoms with E-state index in [0.29, 0.717) is 6.42 Å². The molecular weight excluding hydrogens is 448 g/mol. The van der Waals surface area contributed by atoms with Gasteiger partial charge in [0.1, 0.15) is 23.9 Å². The van der Waals surface area contributed by atoms with Crippen molar-refractivity contribution in [3.8, 4) is 0 Å². The molecule has 0 aromatic carbocycles. The molecule has 7 rings (SSSR count). The number of fused-ring (bicyclic) bond motifs is 5. The van der Waals surface area contributed by atoms with Crippen LogP contribution in [0.4, 0.5) is 0 Å². The molecule has 2 aliphatic heterocycles. The van der Waals surface area contributed by atoms with Crippen LogP contribution in [0.25, 0.3) is 0 Å². The average molecular weight is 483 g/mol. The molecule has 2 unspecified atom stereocenters. The van der Waals surface area contributed by atoms with Crippen LogP contribution in [0.15, 0.2) is 23.0 Å². The highest BCUT2D eigenvalue weighted by Crippen LogP contribution is 2.82. The number of epoxide rings is 2. The number of ether oxygens (including phenoxy) is 3. The van der Waals surface area contributed by atoms with E-state index in [-0.39, 0.29) is 52.9 Å². The molecule has 6 aliphatic rings. The van der Waals surface area contributed by atoms with E-state index in [1.165, 1.54) is 6.92 Å². The molecule has 6 fully saturated rings. The molecule has 4 saturated carbocycles. The molecule has 2 saturated heterocycles. The molecule has 0 radical (unpaired) electrons. The Morgan fingerprint density at radius 1 is 1.11 bits per heavy atom. The van der Waals surface area contributed by atoms with E-state index in [1.54, 1.807) is 12.5 Å². The Bertz CT molecular complexity index is 1170. The average Bonchev–Trinajstić information content (AvgIpc) is 3.66. The number of furan rings is 1. The summed E-state index contributed by atoms with van der Waals surface area (Å²) in [7, 11) is 0. The second-order valence-corrected chi connectivity index (χ2v) is 13.2. The molecular formula is C28H34O7. The molecule has 1 spiro atoms. The van der Waals surface area contributed by atoms with Gasteiger partial charge in [-0.3, -0.25) is 14.4 Å². The first-order valence-electron chi connectivity index (χ1n) is 13.0. The molecule has 7 nitrogen and oxygen atoms in total. The largest absolute Gasteiger partial charge is 0.472 e. The third kappa shape index (κ3) is 2.14. The molecule has 0 bridgehead atoms. The predicted molar refractivity (Wildman–Crippen MR) is 122 cm³/mol. The van der Waals surface area contributed by atoms with E-state index in [1.807, 2.05) is 19.9 Å². The van der Waals surface area contributed by atoms with Gasteiger partial charge < -0.3 is 18.6 Å². The summed E-state index contributed by atoms with van der Waals surface area (Å²) in [6.07, 6.45) is 4.07. The van der Waals surface area contributed by atoms with Gasteiger partial charge in [0.15, 0.2) is 11.6 Å². The molecule has 0 amide bonds. The number of carbonyl (C=O) groups excluding carboxylic acids is 3. The molecule has 11 atom stereocenters. The molecule has 0 N–H and O–H groups in total. The SMILES string of the molecule is CC(=O)O[C@@H]1C[C@H]2C(C)(C)C(=O)C3OC3[C@]2(C)[C@H]2CC[C@@]3(C)[C@H](c4ccoc4)C(=O)[C@H]4O[C@]43[C@@]21C. The molecule has 3 heterocycles. The van der Waals surface area contributed by atoms with Gasteiger partial charge in [0.05, 0.1) is 24.5 Å². The van der Waals surface area contributed by atoms with Gasteiger partial charge in [-0.25, -0.2) is 0 Å². The van der Waals surface area contributed by atoms with Gasteiger partial charge in [-0.1, -0.05) is 34.6 Å². The summed E-state index contributed by atoms with van der Waals surface area (Å²) in [5.74, 6) is -0.302. The number of ketones is 2. The maximum atomic E-state index is 13.8. The minimum absolute atomic E-state index is 0.00778. The zero-order valence-corrected chi connectivity index (χ0v) is 21.3. The van der Waals surface area contributed by atoms with Crippen molar-refractivity contribution >= 4 is 17.5 Å². The van der Waals surface area contributed by atoms with Crippen LogP contribution in [-0.4, -0.2) is 47.6 Å². The second-order valence-electron chi connectivity index (χ2n) is 13.2. The monoisotopic (exact) mass is 482 g/mol. The summed E-state index contributed by atoms with van der Waals surface area (Å²) in [5, 5.41) is 0.